The van der Waals surface area contributed by atoms with Crippen molar-refractivity contribution in [1.29, 1.82) is 0 Å². The molecule has 0 saturated heterocycles. The Morgan fingerprint density at radius 2 is 1.94 bits per heavy atom. The normalized spacial score (nSPS) is 16.6. The number of carbonyl (C=O) groups excluding carboxylic acids is 1. The summed E-state index contributed by atoms with van der Waals surface area (Å²) in [5.41, 5.74) is -0.0905. The second-order valence-electron chi connectivity index (χ2n) is 4.84. The maximum atomic E-state index is 13.4. The van der Waals surface area contributed by atoms with Crippen molar-refractivity contribution in [3.8, 4) is 0 Å². The zero-order valence-electron chi connectivity index (χ0n) is 10.2. The number of carbonyl (C=O) groups is 1. The maximum Gasteiger partial charge on any atom is 0.254 e. The van der Waals surface area contributed by atoms with Crippen molar-refractivity contribution in [3.63, 3.8) is 0 Å². The van der Waals surface area contributed by atoms with E-state index in [1.54, 1.807) is 0 Å². The molecule has 18 heavy (non-hydrogen) atoms. The van der Waals surface area contributed by atoms with E-state index in [9.17, 15) is 13.6 Å². The van der Waals surface area contributed by atoms with Crippen molar-refractivity contribution in [2.24, 2.45) is 5.92 Å². The van der Waals surface area contributed by atoms with Gasteiger partial charge in [-0.25, -0.2) is 8.78 Å². The van der Waals surface area contributed by atoms with E-state index in [1.165, 1.54) is 25.3 Å². The number of hydrogen-bond acceptors (Lipinski definition) is 1. The summed E-state index contributed by atoms with van der Waals surface area (Å²) in [5, 5.41) is 2.73. The van der Waals surface area contributed by atoms with Crippen LogP contribution in [0.15, 0.2) is 18.2 Å². The Hall–Kier alpha value is -1.45. The molecule has 4 heteroatoms. The molecule has 2 rings (SSSR count). The Balaban J connectivity index is 1.90. The second-order valence-corrected chi connectivity index (χ2v) is 4.84. The highest BCUT2D eigenvalue weighted by atomic mass is 19.1. The molecule has 0 radical (unpaired) electrons. The van der Waals surface area contributed by atoms with Gasteiger partial charge in [-0.05, 0) is 30.9 Å². The smallest absolute Gasteiger partial charge is 0.254 e. The summed E-state index contributed by atoms with van der Waals surface area (Å²) >= 11 is 0. The number of amides is 1. The molecule has 1 aromatic rings. The van der Waals surface area contributed by atoms with E-state index >= 15 is 0 Å². The molecule has 0 unspecified atom stereocenters. The number of rotatable bonds is 3. The highest BCUT2D eigenvalue weighted by molar-refractivity contribution is 5.94. The summed E-state index contributed by atoms with van der Waals surface area (Å²) in [7, 11) is 0. The lowest BCUT2D eigenvalue weighted by atomic mass is 9.89. The summed E-state index contributed by atoms with van der Waals surface area (Å²) in [4.78, 5) is 11.7. The molecule has 0 atom stereocenters. The average molecular weight is 253 g/mol. The highest BCUT2D eigenvalue weighted by Crippen LogP contribution is 2.22. The van der Waals surface area contributed by atoms with Gasteiger partial charge in [0.2, 0.25) is 0 Å². The summed E-state index contributed by atoms with van der Waals surface area (Å²) in [6.45, 7) is 0.579. The molecule has 2 nitrogen and oxygen atoms in total. The van der Waals surface area contributed by atoms with Gasteiger partial charge in [0.05, 0.1) is 5.56 Å². The van der Waals surface area contributed by atoms with Gasteiger partial charge in [0.15, 0.2) is 0 Å². The standard InChI is InChI=1S/C14H17F2NO/c15-11-6-7-12(13(16)8-11)14(18)17-9-10-4-2-1-3-5-10/h6-8,10H,1-5,9H2,(H,17,18). The molecule has 0 aliphatic heterocycles. The first-order valence-corrected chi connectivity index (χ1v) is 6.40. The molecule has 1 aromatic carbocycles. The molecular formula is C14H17F2NO. The quantitative estimate of drug-likeness (QED) is 0.880. The van der Waals surface area contributed by atoms with Gasteiger partial charge in [0, 0.05) is 12.6 Å². The summed E-state index contributed by atoms with van der Waals surface area (Å²) in [6.07, 6.45) is 5.90. The Morgan fingerprint density at radius 3 is 2.61 bits per heavy atom. The highest BCUT2D eigenvalue weighted by Gasteiger charge is 2.16. The van der Waals surface area contributed by atoms with Crippen LogP contribution in [0.4, 0.5) is 8.78 Å². The molecule has 1 N–H and O–H groups in total. The predicted octanol–water partition coefficient (Wildman–Crippen LogP) is 3.27. The third-order valence-electron chi connectivity index (χ3n) is 3.45. The minimum atomic E-state index is -0.809. The zero-order valence-corrected chi connectivity index (χ0v) is 10.2. The van der Waals surface area contributed by atoms with E-state index in [0.29, 0.717) is 12.5 Å². The minimum Gasteiger partial charge on any atom is -0.352 e. The van der Waals surface area contributed by atoms with Crippen LogP contribution in [0.3, 0.4) is 0 Å². The minimum absolute atomic E-state index is 0.0905. The van der Waals surface area contributed by atoms with Crippen LogP contribution in [0.1, 0.15) is 42.5 Å². The van der Waals surface area contributed by atoms with Crippen LogP contribution in [0, 0.1) is 17.6 Å². The van der Waals surface area contributed by atoms with Gasteiger partial charge in [-0.15, -0.1) is 0 Å². The predicted molar refractivity (Wildman–Crippen MR) is 65.3 cm³/mol. The fraction of sp³-hybridized carbons (Fsp3) is 0.500. The monoisotopic (exact) mass is 253 g/mol. The van der Waals surface area contributed by atoms with Crippen molar-refractivity contribution in [2.75, 3.05) is 6.54 Å². The molecule has 1 fully saturated rings. The van der Waals surface area contributed by atoms with Crippen molar-refractivity contribution in [1.82, 2.24) is 5.32 Å². The van der Waals surface area contributed by atoms with Gasteiger partial charge in [0.25, 0.3) is 5.91 Å². The maximum absolute atomic E-state index is 13.4. The van der Waals surface area contributed by atoms with Crippen LogP contribution in [-0.2, 0) is 0 Å². The molecule has 98 valence electrons. The van der Waals surface area contributed by atoms with Crippen LogP contribution >= 0.6 is 0 Å². The fourth-order valence-electron chi connectivity index (χ4n) is 2.40. The third-order valence-corrected chi connectivity index (χ3v) is 3.45. The molecule has 1 aliphatic carbocycles. The molecule has 0 bridgehead atoms. The lowest BCUT2D eigenvalue weighted by Crippen LogP contribution is -2.30. The van der Waals surface area contributed by atoms with Gasteiger partial charge < -0.3 is 5.32 Å². The first kappa shape index (κ1) is 13.0. The molecule has 1 saturated carbocycles. The molecule has 0 spiro atoms. The molecule has 1 amide bonds. The Labute approximate surface area is 105 Å². The first-order chi connectivity index (χ1) is 8.66. The summed E-state index contributed by atoms with van der Waals surface area (Å²) in [6, 6.07) is 3.01. The Morgan fingerprint density at radius 1 is 1.22 bits per heavy atom. The third kappa shape index (κ3) is 3.28. The van der Waals surface area contributed by atoms with E-state index < -0.39 is 17.5 Å². The van der Waals surface area contributed by atoms with Gasteiger partial charge in [0.1, 0.15) is 11.6 Å². The van der Waals surface area contributed by atoms with E-state index in [1.807, 2.05) is 0 Å². The number of benzene rings is 1. The van der Waals surface area contributed by atoms with Gasteiger partial charge >= 0.3 is 0 Å². The van der Waals surface area contributed by atoms with E-state index in [4.69, 9.17) is 0 Å². The fourth-order valence-corrected chi connectivity index (χ4v) is 2.40. The SMILES string of the molecule is O=C(NCC1CCCCC1)c1ccc(F)cc1F. The topological polar surface area (TPSA) is 29.1 Å². The first-order valence-electron chi connectivity index (χ1n) is 6.40. The van der Waals surface area contributed by atoms with Gasteiger partial charge in [-0.1, -0.05) is 19.3 Å². The van der Waals surface area contributed by atoms with Crippen LogP contribution in [0.2, 0.25) is 0 Å². The van der Waals surface area contributed by atoms with Crippen LogP contribution in [0.5, 0.6) is 0 Å². The lowest BCUT2D eigenvalue weighted by molar-refractivity contribution is 0.0939. The van der Waals surface area contributed by atoms with Gasteiger partial charge in [-0.2, -0.15) is 0 Å². The van der Waals surface area contributed by atoms with Crippen molar-refractivity contribution >= 4 is 5.91 Å². The van der Waals surface area contributed by atoms with Gasteiger partial charge in [-0.3, -0.25) is 4.79 Å². The van der Waals surface area contributed by atoms with Crippen molar-refractivity contribution in [3.05, 3.63) is 35.4 Å². The molecule has 0 aromatic heterocycles. The van der Waals surface area contributed by atoms with Crippen molar-refractivity contribution in [2.45, 2.75) is 32.1 Å². The van der Waals surface area contributed by atoms with Crippen molar-refractivity contribution < 1.29 is 13.6 Å². The number of halogens is 2. The molecule has 1 aliphatic rings. The Kier molecular flexibility index (Phi) is 4.28. The average Bonchev–Trinajstić information content (AvgIpc) is 2.37. The van der Waals surface area contributed by atoms with E-state index in [2.05, 4.69) is 5.32 Å². The Bertz CT molecular complexity index is 428. The van der Waals surface area contributed by atoms with Crippen LogP contribution in [-0.4, -0.2) is 12.5 Å². The number of nitrogens with one attached hydrogen (secondary N) is 1. The van der Waals surface area contributed by atoms with Crippen LogP contribution in [0.25, 0.3) is 0 Å². The molecular weight excluding hydrogens is 236 g/mol. The van der Waals surface area contributed by atoms with E-state index in [0.717, 1.165) is 25.0 Å². The zero-order chi connectivity index (χ0) is 13.0. The van der Waals surface area contributed by atoms with Crippen LogP contribution < -0.4 is 5.32 Å². The second kappa shape index (κ2) is 5.94. The summed E-state index contributed by atoms with van der Waals surface area (Å²) < 4.78 is 26.1. The van der Waals surface area contributed by atoms with E-state index in [-0.39, 0.29) is 5.56 Å². The number of hydrogen-bond donors (Lipinski definition) is 1. The largest absolute Gasteiger partial charge is 0.352 e. The summed E-state index contributed by atoms with van der Waals surface area (Å²) in [5.74, 6) is -1.45. The molecule has 0 heterocycles. The lowest BCUT2D eigenvalue weighted by Gasteiger charge is -2.21.